The predicted molar refractivity (Wildman–Crippen MR) is 101 cm³/mol. The van der Waals surface area contributed by atoms with Gasteiger partial charge in [0.05, 0.1) is 4.48 Å². The van der Waals surface area contributed by atoms with E-state index in [1.807, 2.05) is 4.90 Å². The van der Waals surface area contributed by atoms with Gasteiger partial charge in [-0.05, 0) is 43.7 Å². The first-order valence-electron chi connectivity index (χ1n) is 7.62. The molecule has 0 atom stereocenters. The van der Waals surface area contributed by atoms with E-state index in [0.717, 1.165) is 4.90 Å². The lowest BCUT2D eigenvalue weighted by atomic mass is 10.2. The Morgan fingerprint density at radius 3 is 2.20 bits per heavy atom. The summed E-state index contributed by atoms with van der Waals surface area (Å²) in [5, 5.41) is 0. The number of nitrogens with zero attached hydrogens (tertiary/aromatic N) is 3. The minimum absolute atomic E-state index is 0.222. The maximum Gasteiger partial charge on any atom is 0.268 e. The van der Waals surface area contributed by atoms with E-state index < -0.39 is 0 Å². The molecule has 0 aromatic heterocycles. The van der Waals surface area contributed by atoms with Crippen LogP contribution in [-0.4, -0.2) is 72.1 Å². The van der Waals surface area contributed by atoms with E-state index >= 15 is 0 Å². The minimum atomic E-state index is -0.355. The van der Waals surface area contributed by atoms with Crippen molar-refractivity contribution in [2.24, 2.45) is 0 Å². The van der Waals surface area contributed by atoms with Crippen LogP contribution < -0.4 is 0 Å². The third-order valence-electron chi connectivity index (χ3n) is 3.98. The molecule has 0 fully saturated rings. The summed E-state index contributed by atoms with van der Waals surface area (Å²) in [5.74, 6) is -0.996. The second-order valence-corrected chi connectivity index (χ2v) is 7.75. The van der Waals surface area contributed by atoms with Gasteiger partial charge in [0, 0.05) is 41.8 Å². The molecule has 25 heavy (non-hydrogen) atoms. The minimum Gasteiger partial charge on any atom is -0.303 e. The molecular weight excluding hydrogens is 458 g/mol. The van der Waals surface area contributed by atoms with Gasteiger partial charge in [-0.25, -0.2) is 0 Å². The predicted octanol–water partition coefficient (Wildman–Crippen LogP) is 1.63. The van der Waals surface area contributed by atoms with Crippen molar-refractivity contribution in [3.8, 4) is 0 Å². The van der Waals surface area contributed by atoms with Crippen LogP contribution in [0, 0.1) is 0 Å². The number of hydrogen-bond acceptors (Lipinski definition) is 5. The Balaban J connectivity index is 2.53. The molecule has 7 nitrogen and oxygen atoms in total. The summed E-state index contributed by atoms with van der Waals surface area (Å²) >= 11 is 6.35. The summed E-state index contributed by atoms with van der Waals surface area (Å²) in [6, 6.07) is 0. The number of carbonyl (C=O) groups is 4. The number of imide groups is 2. The first-order chi connectivity index (χ1) is 11.6. The van der Waals surface area contributed by atoms with Crippen LogP contribution in [-0.2, 0) is 19.2 Å². The van der Waals surface area contributed by atoms with Crippen LogP contribution in [0.2, 0.25) is 0 Å². The van der Waals surface area contributed by atoms with Crippen molar-refractivity contribution >= 4 is 56.0 Å². The van der Waals surface area contributed by atoms with Crippen LogP contribution in [0.4, 0.5) is 0 Å². The maximum absolute atomic E-state index is 12.1. The Hall–Kier alpha value is -1.32. The van der Waals surface area contributed by atoms with Gasteiger partial charge >= 0.3 is 0 Å². The average Bonchev–Trinajstić information content (AvgIpc) is 2.76. The van der Waals surface area contributed by atoms with Gasteiger partial charge in [-0.1, -0.05) is 15.9 Å². The van der Waals surface area contributed by atoms with Gasteiger partial charge in [0.2, 0.25) is 6.41 Å². The molecule has 138 valence electrons. The lowest BCUT2D eigenvalue weighted by molar-refractivity contribution is -0.137. The van der Waals surface area contributed by atoms with Crippen molar-refractivity contribution < 1.29 is 19.2 Å². The molecule has 0 bridgehead atoms. The molecule has 1 aliphatic heterocycles. The SMILES string of the molecule is CC1=C(Br)C(=O)N(CCN(C)CCN(C=O)C(=O)/C(C)=C(\C)Br)C1=O. The molecule has 0 aromatic carbocycles. The van der Waals surface area contributed by atoms with Crippen molar-refractivity contribution in [2.75, 3.05) is 33.2 Å². The lowest BCUT2D eigenvalue weighted by Crippen LogP contribution is -2.41. The van der Waals surface area contributed by atoms with E-state index in [1.165, 1.54) is 4.90 Å². The number of amides is 4. The topological polar surface area (TPSA) is 78.0 Å². The van der Waals surface area contributed by atoms with Gasteiger partial charge in [-0.2, -0.15) is 0 Å². The molecule has 0 unspecified atom stereocenters. The van der Waals surface area contributed by atoms with Crippen molar-refractivity contribution in [1.82, 2.24) is 14.7 Å². The van der Waals surface area contributed by atoms with E-state index in [1.54, 1.807) is 27.8 Å². The fourth-order valence-electron chi connectivity index (χ4n) is 2.10. The average molecular weight is 479 g/mol. The highest BCUT2D eigenvalue weighted by Gasteiger charge is 2.34. The molecule has 1 aliphatic rings. The molecule has 0 N–H and O–H groups in total. The standard InChI is InChI=1S/C16H21Br2N3O4/c1-10(12(3)17)14(23)20(9-22)7-5-19(4)6-8-21-15(24)11(2)13(18)16(21)25/h9H,5-8H2,1-4H3/b12-10+. The number of rotatable bonds is 8. The summed E-state index contributed by atoms with van der Waals surface area (Å²) in [5.41, 5.74) is 0.868. The first kappa shape index (κ1) is 21.7. The quantitative estimate of drug-likeness (QED) is 0.301. The van der Waals surface area contributed by atoms with E-state index in [0.29, 0.717) is 39.6 Å². The molecule has 1 heterocycles. The van der Waals surface area contributed by atoms with Crippen LogP contribution in [0.5, 0.6) is 0 Å². The van der Waals surface area contributed by atoms with Crippen molar-refractivity contribution in [1.29, 1.82) is 0 Å². The molecule has 9 heteroatoms. The Morgan fingerprint density at radius 2 is 1.76 bits per heavy atom. The van der Waals surface area contributed by atoms with Crippen LogP contribution >= 0.6 is 31.9 Å². The lowest BCUT2D eigenvalue weighted by Gasteiger charge is -2.23. The molecule has 0 saturated heterocycles. The Bertz CT molecular complexity index is 630. The largest absolute Gasteiger partial charge is 0.303 e. The van der Waals surface area contributed by atoms with Gasteiger partial charge in [0.1, 0.15) is 0 Å². The van der Waals surface area contributed by atoms with E-state index in [-0.39, 0.29) is 30.8 Å². The van der Waals surface area contributed by atoms with E-state index in [2.05, 4.69) is 31.9 Å². The molecule has 0 radical (unpaired) electrons. The molecule has 0 spiro atoms. The Labute approximate surface area is 163 Å². The zero-order chi connectivity index (χ0) is 19.3. The Kier molecular flexibility index (Phi) is 8.17. The Morgan fingerprint density at radius 1 is 1.16 bits per heavy atom. The van der Waals surface area contributed by atoms with Crippen molar-refractivity contribution in [2.45, 2.75) is 20.8 Å². The monoisotopic (exact) mass is 477 g/mol. The summed E-state index contributed by atoms with van der Waals surface area (Å²) in [7, 11) is 1.80. The number of likely N-dealkylation sites (N-methyl/N-ethyl adjacent to an activating group) is 1. The van der Waals surface area contributed by atoms with Gasteiger partial charge in [0.15, 0.2) is 0 Å². The highest BCUT2D eigenvalue weighted by Crippen LogP contribution is 2.24. The second kappa shape index (κ2) is 9.40. The zero-order valence-electron chi connectivity index (χ0n) is 14.6. The van der Waals surface area contributed by atoms with Crippen LogP contribution in [0.15, 0.2) is 20.1 Å². The van der Waals surface area contributed by atoms with Gasteiger partial charge < -0.3 is 4.90 Å². The second-order valence-electron chi connectivity index (χ2n) is 5.77. The first-order valence-corrected chi connectivity index (χ1v) is 9.20. The molecule has 4 amide bonds. The highest BCUT2D eigenvalue weighted by molar-refractivity contribution is 9.12. The molecular formula is C16H21Br2N3O4. The van der Waals surface area contributed by atoms with Gasteiger partial charge in [-0.3, -0.25) is 29.0 Å². The summed E-state index contributed by atoms with van der Waals surface area (Å²) in [6.45, 7) is 6.32. The molecule has 0 aromatic rings. The zero-order valence-corrected chi connectivity index (χ0v) is 17.8. The number of halogens is 2. The highest BCUT2D eigenvalue weighted by atomic mass is 79.9. The number of hydrogen-bond donors (Lipinski definition) is 0. The summed E-state index contributed by atoms with van der Waals surface area (Å²) < 4.78 is 0.975. The number of carbonyl (C=O) groups excluding carboxylic acids is 4. The van der Waals surface area contributed by atoms with E-state index in [4.69, 9.17) is 0 Å². The maximum atomic E-state index is 12.1. The van der Waals surface area contributed by atoms with Crippen LogP contribution in [0.1, 0.15) is 20.8 Å². The third-order valence-corrected chi connectivity index (χ3v) is 5.51. The van der Waals surface area contributed by atoms with Gasteiger partial charge in [-0.15, -0.1) is 0 Å². The van der Waals surface area contributed by atoms with Crippen LogP contribution in [0.25, 0.3) is 0 Å². The van der Waals surface area contributed by atoms with E-state index in [9.17, 15) is 19.2 Å². The fourth-order valence-corrected chi connectivity index (χ4v) is 2.65. The smallest absolute Gasteiger partial charge is 0.268 e. The van der Waals surface area contributed by atoms with Crippen molar-refractivity contribution in [3.05, 3.63) is 20.1 Å². The van der Waals surface area contributed by atoms with Crippen LogP contribution in [0.3, 0.4) is 0 Å². The third kappa shape index (κ3) is 5.32. The van der Waals surface area contributed by atoms with Gasteiger partial charge in [0.25, 0.3) is 17.7 Å². The molecule has 0 aliphatic carbocycles. The summed E-state index contributed by atoms with van der Waals surface area (Å²) in [6.07, 6.45) is 0.507. The molecule has 0 saturated carbocycles. The number of allylic oxidation sites excluding steroid dienone is 1. The normalized spacial score (nSPS) is 15.9. The summed E-state index contributed by atoms with van der Waals surface area (Å²) in [4.78, 5) is 51.3. The van der Waals surface area contributed by atoms with Crippen molar-refractivity contribution in [3.63, 3.8) is 0 Å². The fraction of sp³-hybridized carbons (Fsp3) is 0.500. The molecule has 1 rings (SSSR count).